The van der Waals surface area contributed by atoms with Crippen LogP contribution < -0.4 is 4.90 Å². The van der Waals surface area contributed by atoms with Gasteiger partial charge in [-0.1, -0.05) is 72.8 Å². The fourth-order valence-electron chi connectivity index (χ4n) is 5.69. The van der Waals surface area contributed by atoms with Crippen LogP contribution in [0.15, 0.2) is 84.9 Å². The zero-order chi connectivity index (χ0) is 27.4. The quantitative estimate of drug-likeness (QED) is 0.229. The minimum absolute atomic E-state index is 0.130. The van der Waals surface area contributed by atoms with Gasteiger partial charge >= 0.3 is 0 Å². The number of hydrogen-bond donors (Lipinski definition) is 2. The minimum Gasteiger partial charge on any atom is -0.337 e. The molecule has 7 rings (SSSR count). The Kier molecular flexibility index (Phi) is 5.46. The monoisotopic (exact) mass is 523 g/mol. The molecule has 40 heavy (non-hydrogen) atoms. The van der Waals surface area contributed by atoms with Gasteiger partial charge in [0, 0.05) is 11.9 Å². The van der Waals surface area contributed by atoms with Gasteiger partial charge in [-0.2, -0.15) is 5.10 Å². The van der Waals surface area contributed by atoms with Gasteiger partial charge in [-0.3, -0.25) is 9.89 Å². The van der Waals surface area contributed by atoms with Crippen LogP contribution in [-0.2, 0) is 10.2 Å². The number of nitrogens with zero attached hydrogens (tertiary/aromatic N) is 3. The third-order valence-corrected chi connectivity index (χ3v) is 7.96. The van der Waals surface area contributed by atoms with Crippen molar-refractivity contribution in [1.29, 1.82) is 0 Å². The highest BCUT2D eigenvalue weighted by atomic mass is 16.2. The molecule has 3 heterocycles. The Balaban J connectivity index is 1.17. The molecule has 0 saturated heterocycles. The van der Waals surface area contributed by atoms with Gasteiger partial charge in [0.2, 0.25) is 5.91 Å². The van der Waals surface area contributed by atoms with Crippen LogP contribution in [0.2, 0.25) is 0 Å². The number of amides is 1. The van der Waals surface area contributed by atoms with Crippen LogP contribution in [0.3, 0.4) is 0 Å². The Morgan fingerprint density at radius 3 is 2.35 bits per heavy atom. The highest BCUT2D eigenvalue weighted by Gasteiger charge is 2.43. The fraction of sp³-hybridized carbons (Fsp3) is 0.147. The summed E-state index contributed by atoms with van der Waals surface area (Å²) in [5.41, 5.74) is 9.52. The molecular weight excluding hydrogens is 494 g/mol. The SMILES string of the molecule is CCN1C(=O)C(C)(C)c2cc3nc(-c4n[nH]c5cc(C=Cc6ccc(-c7ccccc7)cc6)ccc45)[nH]c3cc21. The lowest BCUT2D eigenvalue weighted by Crippen LogP contribution is -2.35. The molecule has 1 aliphatic rings. The number of nitrogens with one attached hydrogen (secondary N) is 2. The van der Waals surface area contributed by atoms with Gasteiger partial charge in [0.25, 0.3) is 0 Å². The van der Waals surface area contributed by atoms with Crippen molar-refractivity contribution in [3.05, 3.63) is 102 Å². The van der Waals surface area contributed by atoms with E-state index in [2.05, 4.69) is 94.1 Å². The van der Waals surface area contributed by atoms with Gasteiger partial charge in [-0.15, -0.1) is 0 Å². The molecule has 2 aromatic heterocycles. The smallest absolute Gasteiger partial charge is 0.237 e. The molecule has 6 heteroatoms. The average molecular weight is 524 g/mol. The van der Waals surface area contributed by atoms with Crippen LogP contribution >= 0.6 is 0 Å². The molecule has 0 bridgehead atoms. The number of carbonyl (C=O) groups is 1. The normalized spacial score (nSPS) is 14.6. The van der Waals surface area contributed by atoms with Gasteiger partial charge in [-0.25, -0.2) is 4.98 Å². The van der Waals surface area contributed by atoms with Crippen LogP contribution in [-0.4, -0.2) is 32.6 Å². The maximum absolute atomic E-state index is 12.9. The maximum Gasteiger partial charge on any atom is 0.237 e. The maximum atomic E-state index is 12.9. The summed E-state index contributed by atoms with van der Waals surface area (Å²) in [6.45, 7) is 6.61. The molecule has 2 N–H and O–H groups in total. The van der Waals surface area contributed by atoms with E-state index in [1.165, 1.54) is 11.1 Å². The Bertz CT molecular complexity index is 1930. The summed E-state index contributed by atoms with van der Waals surface area (Å²) in [4.78, 5) is 23.1. The standard InChI is InChI=1S/C34H29N5O/c1-4-39-30-20-29-28(19-26(30)34(2,3)33(39)40)35-32(36-29)31-25-17-14-22(18-27(25)37-38-31)11-10-21-12-15-24(16-13-21)23-8-6-5-7-9-23/h5-20H,4H2,1-3H3,(H,35,36)(H,37,38). The van der Waals surface area contributed by atoms with Gasteiger partial charge in [0.05, 0.1) is 27.7 Å². The number of hydrogen-bond acceptors (Lipinski definition) is 3. The van der Waals surface area contributed by atoms with E-state index in [9.17, 15) is 4.79 Å². The van der Waals surface area contributed by atoms with E-state index in [-0.39, 0.29) is 5.91 Å². The van der Waals surface area contributed by atoms with Crippen molar-refractivity contribution in [2.24, 2.45) is 0 Å². The molecule has 0 saturated carbocycles. The second-order valence-corrected chi connectivity index (χ2v) is 10.8. The minimum atomic E-state index is -0.564. The molecule has 0 unspecified atom stereocenters. The van der Waals surface area contributed by atoms with E-state index >= 15 is 0 Å². The molecule has 6 nitrogen and oxygen atoms in total. The third-order valence-electron chi connectivity index (χ3n) is 7.96. The van der Waals surface area contributed by atoms with E-state index < -0.39 is 5.41 Å². The second kappa shape index (κ2) is 9.06. The van der Waals surface area contributed by atoms with E-state index in [4.69, 9.17) is 4.98 Å². The fourth-order valence-corrected chi connectivity index (χ4v) is 5.69. The van der Waals surface area contributed by atoms with Crippen molar-refractivity contribution < 1.29 is 4.79 Å². The average Bonchev–Trinajstić information content (AvgIpc) is 3.64. The summed E-state index contributed by atoms with van der Waals surface area (Å²) >= 11 is 0. The number of H-pyrrole nitrogens is 2. The zero-order valence-electron chi connectivity index (χ0n) is 22.7. The number of anilines is 1. The van der Waals surface area contributed by atoms with E-state index in [1.54, 1.807) is 0 Å². The van der Waals surface area contributed by atoms with Crippen LogP contribution in [0.4, 0.5) is 5.69 Å². The van der Waals surface area contributed by atoms with Crippen LogP contribution in [0.5, 0.6) is 0 Å². The summed E-state index contributed by atoms with van der Waals surface area (Å²) in [6, 6.07) is 29.4. The predicted molar refractivity (Wildman–Crippen MR) is 163 cm³/mol. The van der Waals surface area contributed by atoms with Gasteiger partial charge in [-0.05, 0) is 72.9 Å². The highest BCUT2D eigenvalue weighted by Crippen LogP contribution is 2.43. The van der Waals surface area contributed by atoms with Crippen molar-refractivity contribution in [3.8, 4) is 22.6 Å². The lowest BCUT2D eigenvalue weighted by Gasteiger charge is -2.18. The highest BCUT2D eigenvalue weighted by molar-refractivity contribution is 6.09. The molecule has 1 aliphatic heterocycles. The number of rotatable bonds is 5. The number of benzene rings is 4. The number of aromatic amines is 2. The molecule has 196 valence electrons. The first-order chi connectivity index (χ1) is 19.4. The number of imidazole rings is 1. The topological polar surface area (TPSA) is 77.7 Å². The van der Waals surface area contributed by atoms with Gasteiger partial charge < -0.3 is 9.88 Å². The third kappa shape index (κ3) is 3.83. The molecule has 4 aromatic carbocycles. The predicted octanol–water partition coefficient (Wildman–Crippen LogP) is 7.59. The molecule has 1 amide bonds. The zero-order valence-corrected chi connectivity index (χ0v) is 22.7. The number of fused-ring (bicyclic) bond motifs is 3. The molecule has 6 aromatic rings. The largest absolute Gasteiger partial charge is 0.337 e. The molecule has 0 aliphatic carbocycles. The molecule has 0 radical (unpaired) electrons. The van der Waals surface area contributed by atoms with Crippen molar-refractivity contribution in [3.63, 3.8) is 0 Å². The first-order valence-electron chi connectivity index (χ1n) is 13.6. The Hall–Kier alpha value is -4.97. The first kappa shape index (κ1) is 24.1. The summed E-state index contributed by atoms with van der Waals surface area (Å²) < 4.78 is 0. The van der Waals surface area contributed by atoms with E-state index in [1.807, 2.05) is 43.9 Å². The summed E-state index contributed by atoms with van der Waals surface area (Å²) in [5, 5.41) is 8.78. The lowest BCUT2D eigenvalue weighted by molar-refractivity contribution is -0.122. The molecule has 0 atom stereocenters. The molecule has 0 spiro atoms. The molecular formula is C34H29N5O. The molecule has 0 fully saturated rings. The van der Waals surface area contributed by atoms with E-state index in [0.29, 0.717) is 12.4 Å². The van der Waals surface area contributed by atoms with Gasteiger partial charge in [0.15, 0.2) is 5.82 Å². The Morgan fingerprint density at radius 2 is 1.57 bits per heavy atom. The summed E-state index contributed by atoms with van der Waals surface area (Å²) in [6.07, 6.45) is 4.24. The van der Waals surface area contributed by atoms with Crippen LogP contribution in [0.25, 0.3) is 56.7 Å². The first-order valence-corrected chi connectivity index (χ1v) is 13.6. The van der Waals surface area contributed by atoms with Crippen LogP contribution in [0, 0.1) is 0 Å². The van der Waals surface area contributed by atoms with Crippen molar-refractivity contribution >= 4 is 45.7 Å². The number of carbonyl (C=O) groups excluding carboxylic acids is 1. The second-order valence-electron chi connectivity index (χ2n) is 10.8. The summed E-state index contributed by atoms with van der Waals surface area (Å²) in [7, 11) is 0. The number of aromatic nitrogens is 4. The summed E-state index contributed by atoms with van der Waals surface area (Å²) in [5.74, 6) is 0.837. The van der Waals surface area contributed by atoms with Crippen molar-refractivity contribution in [2.45, 2.75) is 26.2 Å². The lowest BCUT2D eigenvalue weighted by atomic mass is 9.86. The van der Waals surface area contributed by atoms with E-state index in [0.717, 1.165) is 50.0 Å². The Labute approximate surface area is 232 Å². The number of likely N-dealkylation sites (N-methyl/N-ethyl adjacent to an activating group) is 1. The van der Waals surface area contributed by atoms with Crippen molar-refractivity contribution in [1.82, 2.24) is 20.2 Å². The Morgan fingerprint density at radius 1 is 0.850 bits per heavy atom. The van der Waals surface area contributed by atoms with Crippen molar-refractivity contribution in [2.75, 3.05) is 11.4 Å². The van der Waals surface area contributed by atoms with Gasteiger partial charge in [0.1, 0.15) is 5.69 Å². The van der Waals surface area contributed by atoms with Crippen LogP contribution in [0.1, 0.15) is 37.5 Å².